The zero-order valence-electron chi connectivity index (χ0n) is 15.0. The second-order valence-electron chi connectivity index (χ2n) is 6.33. The Bertz CT molecular complexity index is 863. The second kappa shape index (κ2) is 7.53. The van der Waals surface area contributed by atoms with Crippen LogP contribution >= 0.6 is 0 Å². The molecule has 0 radical (unpaired) electrons. The van der Waals surface area contributed by atoms with Crippen molar-refractivity contribution in [2.45, 2.75) is 32.9 Å². The number of rotatable bonds is 6. The second-order valence-corrected chi connectivity index (χ2v) is 6.33. The van der Waals surface area contributed by atoms with E-state index in [4.69, 9.17) is 4.74 Å². The van der Waals surface area contributed by atoms with E-state index < -0.39 is 23.8 Å². The molecule has 0 aliphatic carbocycles. The molecule has 0 saturated carbocycles. The number of nitrogens with zero attached hydrogens (tertiary/aromatic N) is 3. The first-order valence-corrected chi connectivity index (χ1v) is 8.62. The molecule has 0 fully saturated rings. The number of amides is 2. The summed E-state index contributed by atoms with van der Waals surface area (Å²) in [5.74, 6) is -2.09. The molecule has 0 N–H and O–H groups in total. The van der Waals surface area contributed by atoms with Gasteiger partial charge in [-0.3, -0.25) is 14.5 Å². The minimum atomic E-state index is -1.08. The maximum Gasteiger partial charge on any atom is 0.339 e. The number of imide groups is 1. The summed E-state index contributed by atoms with van der Waals surface area (Å²) in [4.78, 5) is 43.0. The lowest BCUT2D eigenvalue weighted by molar-refractivity contribution is -0.620. The van der Waals surface area contributed by atoms with Crippen LogP contribution in [0.15, 0.2) is 42.7 Å². The average Bonchev–Trinajstić information content (AvgIpc) is 2.93. The van der Waals surface area contributed by atoms with Crippen molar-refractivity contribution in [1.29, 1.82) is 0 Å². The lowest BCUT2D eigenvalue weighted by atomic mass is 9.97. The van der Waals surface area contributed by atoms with Crippen molar-refractivity contribution < 1.29 is 23.9 Å². The van der Waals surface area contributed by atoms with Crippen LogP contribution in [0.25, 0.3) is 0 Å². The summed E-state index contributed by atoms with van der Waals surface area (Å²) in [5.41, 5.74) is 0.538. The van der Waals surface area contributed by atoms with Crippen molar-refractivity contribution in [3.05, 3.63) is 64.9 Å². The average molecular weight is 369 g/mol. The van der Waals surface area contributed by atoms with Gasteiger partial charge in [-0.25, -0.2) is 9.52 Å². The van der Waals surface area contributed by atoms with E-state index in [1.165, 1.54) is 18.5 Å². The van der Waals surface area contributed by atoms with Gasteiger partial charge in [0.2, 0.25) is 0 Å². The fourth-order valence-corrected chi connectivity index (χ4v) is 2.99. The van der Waals surface area contributed by atoms with Crippen LogP contribution in [-0.2, 0) is 16.1 Å². The molecular formula is C19H19N3O5. The first kappa shape index (κ1) is 18.5. The number of ether oxygens (including phenoxy) is 1. The number of aromatic nitrogens is 2. The van der Waals surface area contributed by atoms with Gasteiger partial charge in [0.25, 0.3) is 11.8 Å². The molecule has 1 aromatic carbocycles. The molecule has 2 amide bonds. The monoisotopic (exact) mass is 369 g/mol. The molecule has 1 aliphatic heterocycles. The SMILES string of the molecule is CC[C@H](C)[C@@H](C(=O)OCc1nccc[n+]1[O-])N1C(=O)c2ccccc2C1=O. The third-order valence-electron chi connectivity index (χ3n) is 4.66. The van der Waals surface area contributed by atoms with E-state index in [2.05, 4.69) is 4.98 Å². The van der Waals surface area contributed by atoms with Gasteiger partial charge in [0, 0.05) is 6.07 Å². The molecule has 1 aliphatic rings. The van der Waals surface area contributed by atoms with Gasteiger partial charge in [0.05, 0.1) is 17.3 Å². The topological polar surface area (TPSA) is 104 Å². The molecule has 0 unspecified atom stereocenters. The minimum Gasteiger partial charge on any atom is -0.711 e. The lowest BCUT2D eigenvalue weighted by Crippen LogP contribution is -2.49. The van der Waals surface area contributed by atoms with Gasteiger partial charge in [-0.15, -0.1) is 0 Å². The number of carbonyl (C=O) groups is 3. The third-order valence-corrected chi connectivity index (χ3v) is 4.66. The van der Waals surface area contributed by atoms with Crippen molar-refractivity contribution in [1.82, 2.24) is 9.88 Å². The van der Waals surface area contributed by atoms with Gasteiger partial charge < -0.3 is 9.94 Å². The number of esters is 1. The van der Waals surface area contributed by atoms with E-state index in [9.17, 15) is 19.6 Å². The van der Waals surface area contributed by atoms with Crippen LogP contribution in [0.1, 0.15) is 46.8 Å². The number of hydrogen-bond donors (Lipinski definition) is 0. The number of benzene rings is 1. The maximum absolute atomic E-state index is 12.7. The fraction of sp³-hybridized carbons (Fsp3) is 0.316. The Morgan fingerprint density at radius 1 is 1.22 bits per heavy atom. The highest BCUT2D eigenvalue weighted by Gasteiger charge is 2.45. The molecule has 8 nitrogen and oxygen atoms in total. The van der Waals surface area contributed by atoms with Crippen LogP contribution < -0.4 is 4.73 Å². The van der Waals surface area contributed by atoms with Gasteiger partial charge in [0.1, 0.15) is 12.2 Å². The summed E-state index contributed by atoms with van der Waals surface area (Å²) in [6, 6.07) is 6.83. The Morgan fingerprint density at radius 2 is 1.85 bits per heavy atom. The van der Waals surface area contributed by atoms with Crippen molar-refractivity contribution in [3.8, 4) is 0 Å². The largest absolute Gasteiger partial charge is 0.711 e. The van der Waals surface area contributed by atoms with E-state index in [0.29, 0.717) is 11.2 Å². The first-order valence-electron chi connectivity index (χ1n) is 8.62. The summed E-state index contributed by atoms with van der Waals surface area (Å²) in [6.45, 7) is 3.27. The number of hydrogen-bond acceptors (Lipinski definition) is 6. The van der Waals surface area contributed by atoms with Gasteiger partial charge in [-0.1, -0.05) is 32.4 Å². The minimum absolute atomic E-state index is 0.0103. The smallest absolute Gasteiger partial charge is 0.339 e. The van der Waals surface area contributed by atoms with E-state index in [1.807, 2.05) is 6.92 Å². The number of fused-ring (bicyclic) bond motifs is 1. The highest BCUT2D eigenvalue weighted by molar-refractivity contribution is 6.22. The van der Waals surface area contributed by atoms with Crippen molar-refractivity contribution in [3.63, 3.8) is 0 Å². The zero-order chi connectivity index (χ0) is 19.6. The van der Waals surface area contributed by atoms with Gasteiger partial charge in [-0.05, 0) is 23.0 Å². The summed E-state index contributed by atoms with van der Waals surface area (Å²) >= 11 is 0. The van der Waals surface area contributed by atoms with Crippen LogP contribution in [0.3, 0.4) is 0 Å². The summed E-state index contributed by atoms with van der Waals surface area (Å²) in [5, 5.41) is 11.6. The van der Waals surface area contributed by atoms with Crippen LogP contribution in [0.5, 0.6) is 0 Å². The zero-order valence-corrected chi connectivity index (χ0v) is 15.0. The van der Waals surface area contributed by atoms with Crippen LogP contribution in [0, 0.1) is 11.1 Å². The van der Waals surface area contributed by atoms with Crippen LogP contribution in [0.4, 0.5) is 0 Å². The highest BCUT2D eigenvalue weighted by atomic mass is 16.5. The quantitative estimate of drug-likeness (QED) is 0.331. The summed E-state index contributed by atoms with van der Waals surface area (Å²) in [7, 11) is 0. The van der Waals surface area contributed by atoms with Gasteiger partial charge in [0.15, 0.2) is 6.61 Å². The molecule has 0 bridgehead atoms. The van der Waals surface area contributed by atoms with Crippen LogP contribution in [-0.4, -0.2) is 33.7 Å². The normalized spacial score (nSPS) is 15.4. The molecule has 0 spiro atoms. The highest BCUT2D eigenvalue weighted by Crippen LogP contribution is 2.28. The molecule has 2 atom stereocenters. The number of carbonyl (C=O) groups excluding carboxylic acids is 3. The summed E-state index contributed by atoms with van der Waals surface area (Å²) < 4.78 is 5.73. The molecule has 8 heteroatoms. The fourth-order valence-electron chi connectivity index (χ4n) is 2.99. The Morgan fingerprint density at radius 3 is 2.41 bits per heavy atom. The van der Waals surface area contributed by atoms with Gasteiger partial charge >= 0.3 is 11.8 Å². The molecule has 2 heterocycles. The Kier molecular flexibility index (Phi) is 5.16. The van der Waals surface area contributed by atoms with E-state index in [1.54, 1.807) is 31.2 Å². The molecule has 1 aromatic heterocycles. The Labute approximate surface area is 156 Å². The van der Waals surface area contributed by atoms with E-state index in [0.717, 1.165) is 4.90 Å². The molecule has 140 valence electrons. The molecule has 2 aromatic rings. The van der Waals surface area contributed by atoms with E-state index >= 15 is 0 Å². The predicted molar refractivity (Wildman–Crippen MR) is 93.2 cm³/mol. The lowest BCUT2D eigenvalue weighted by Gasteiger charge is -2.28. The summed E-state index contributed by atoms with van der Waals surface area (Å²) in [6.07, 6.45) is 3.21. The standard InChI is InChI=1S/C19H19N3O5/c1-3-12(2)16(19(25)27-11-15-20-9-6-10-21(15)26)22-17(23)13-7-4-5-8-14(13)18(22)24/h4-10,12,16H,3,11H2,1-2H3/t12-,16-/m0/s1. The van der Waals surface area contributed by atoms with Crippen molar-refractivity contribution in [2.75, 3.05) is 0 Å². The molecule has 3 rings (SSSR count). The maximum atomic E-state index is 12.7. The predicted octanol–water partition coefficient (Wildman–Crippen LogP) is 1.47. The van der Waals surface area contributed by atoms with Crippen LogP contribution in [0.2, 0.25) is 0 Å². The van der Waals surface area contributed by atoms with Crippen molar-refractivity contribution in [2.24, 2.45) is 5.92 Å². The van der Waals surface area contributed by atoms with Gasteiger partial charge in [-0.2, -0.15) is 0 Å². The Hall–Kier alpha value is -3.29. The molecule has 27 heavy (non-hydrogen) atoms. The van der Waals surface area contributed by atoms with E-state index in [-0.39, 0.29) is 29.5 Å². The first-order chi connectivity index (χ1) is 13.0. The Balaban J connectivity index is 1.85. The van der Waals surface area contributed by atoms with Crippen molar-refractivity contribution >= 4 is 17.8 Å². The molecule has 0 saturated heterocycles. The molecular weight excluding hydrogens is 350 g/mol. The third kappa shape index (κ3) is 3.38.